The van der Waals surface area contributed by atoms with E-state index in [9.17, 15) is 9.90 Å². The van der Waals surface area contributed by atoms with Gasteiger partial charge in [0.15, 0.2) is 0 Å². The summed E-state index contributed by atoms with van der Waals surface area (Å²) in [5.41, 5.74) is -0.624. The van der Waals surface area contributed by atoms with Crippen molar-refractivity contribution >= 4 is 5.97 Å². The van der Waals surface area contributed by atoms with Gasteiger partial charge in [-0.2, -0.15) is 0 Å². The molecule has 1 aromatic rings. The van der Waals surface area contributed by atoms with Crippen LogP contribution < -0.4 is 10.1 Å². The second-order valence-corrected chi connectivity index (χ2v) is 3.72. The van der Waals surface area contributed by atoms with Crippen molar-refractivity contribution in [3.63, 3.8) is 0 Å². The highest BCUT2D eigenvalue weighted by molar-refractivity contribution is 5.80. The van der Waals surface area contributed by atoms with E-state index in [2.05, 4.69) is 11.2 Å². The summed E-state index contributed by atoms with van der Waals surface area (Å²) < 4.78 is 5.07. The number of hydrogen-bond acceptors (Lipinski definition) is 3. The van der Waals surface area contributed by atoms with Crippen LogP contribution >= 0.6 is 0 Å². The van der Waals surface area contributed by atoms with Crippen LogP contribution in [0.15, 0.2) is 24.3 Å². The number of carbonyl (C=O) groups is 1. The van der Waals surface area contributed by atoms with E-state index in [4.69, 9.17) is 11.2 Å². The summed E-state index contributed by atoms with van der Waals surface area (Å²) in [6.07, 6.45) is 5.14. The van der Waals surface area contributed by atoms with Crippen LogP contribution in [0.5, 0.6) is 5.75 Å². The number of rotatable bonds is 5. The number of benzene rings is 1. The molecule has 1 aromatic carbocycles. The normalized spacial score (nSPS) is 13.5. The molecule has 0 aliphatic rings. The van der Waals surface area contributed by atoms with E-state index < -0.39 is 11.5 Å². The number of hydrogen-bond donors (Lipinski definition) is 2. The minimum absolute atomic E-state index is 0.181. The largest absolute Gasteiger partial charge is 0.497 e. The molecule has 0 radical (unpaired) electrons. The van der Waals surface area contributed by atoms with Crippen molar-refractivity contribution in [2.75, 3.05) is 13.7 Å². The van der Waals surface area contributed by atoms with E-state index in [-0.39, 0.29) is 6.54 Å². The quantitative estimate of drug-likeness (QED) is 0.751. The molecule has 4 nitrogen and oxygen atoms in total. The first-order valence-corrected chi connectivity index (χ1v) is 5.11. The molecule has 1 unspecified atom stereocenters. The van der Waals surface area contributed by atoms with Gasteiger partial charge in [-0.3, -0.25) is 5.32 Å². The van der Waals surface area contributed by atoms with Gasteiger partial charge in [0, 0.05) is 0 Å². The summed E-state index contributed by atoms with van der Waals surface area (Å²) in [6, 6.07) is 6.90. The lowest BCUT2D eigenvalue weighted by atomic mass is 9.92. The SMILES string of the molecule is C#CCNC(C)(C(=O)O)c1cccc(OC)c1. The Kier molecular flexibility index (Phi) is 4.13. The van der Waals surface area contributed by atoms with Gasteiger partial charge in [0.1, 0.15) is 11.3 Å². The van der Waals surface area contributed by atoms with E-state index in [0.29, 0.717) is 11.3 Å². The first-order chi connectivity index (χ1) is 8.04. The van der Waals surface area contributed by atoms with E-state index in [1.54, 1.807) is 31.2 Å². The molecule has 0 aliphatic heterocycles. The third kappa shape index (κ3) is 2.77. The maximum absolute atomic E-state index is 11.4. The summed E-state index contributed by atoms with van der Waals surface area (Å²) in [5, 5.41) is 12.1. The van der Waals surface area contributed by atoms with Crippen molar-refractivity contribution in [1.29, 1.82) is 0 Å². The van der Waals surface area contributed by atoms with Crippen LogP contribution in [0.4, 0.5) is 0 Å². The van der Waals surface area contributed by atoms with E-state index in [1.165, 1.54) is 7.11 Å². The Labute approximate surface area is 101 Å². The van der Waals surface area contributed by atoms with Crippen LogP contribution in [-0.4, -0.2) is 24.7 Å². The van der Waals surface area contributed by atoms with Crippen molar-refractivity contribution in [1.82, 2.24) is 5.32 Å². The van der Waals surface area contributed by atoms with Gasteiger partial charge in [-0.1, -0.05) is 18.1 Å². The lowest BCUT2D eigenvalue weighted by Gasteiger charge is -2.26. The maximum atomic E-state index is 11.4. The lowest BCUT2D eigenvalue weighted by molar-refractivity contribution is -0.144. The fraction of sp³-hybridized carbons (Fsp3) is 0.308. The van der Waals surface area contributed by atoms with Gasteiger partial charge >= 0.3 is 5.97 Å². The molecule has 0 spiro atoms. The fourth-order valence-electron chi connectivity index (χ4n) is 1.46. The number of aliphatic carboxylic acids is 1. The Morgan fingerprint density at radius 2 is 2.35 bits per heavy atom. The number of carboxylic acid groups (broad SMARTS) is 1. The van der Waals surface area contributed by atoms with Crippen molar-refractivity contribution in [3.8, 4) is 18.1 Å². The Hall–Kier alpha value is -1.99. The number of carboxylic acids is 1. The van der Waals surface area contributed by atoms with Crippen LogP contribution in [0.1, 0.15) is 12.5 Å². The monoisotopic (exact) mass is 233 g/mol. The van der Waals surface area contributed by atoms with Crippen LogP contribution in [0, 0.1) is 12.3 Å². The number of methoxy groups -OCH3 is 1. The van der Waals surface area contributed by atoms with Gasteiger partial charge in [-0.15, -0.1) is 6.42 Å². The number of nitrogens with one attached hydrogen (secondary N) is 1. The lowest BCUT2D eigenvalue weighted by Crippen LogP contribution is -2.46. The average molecular weight is 233 g/mol. The van der Waals surface area contributed by atoms with Crippen LogP contribution in [0.25, 0.3) is 0 Å². The molecule has 0 aromatic heterocycles. The van der Waals surface area contributed by atoms with Gasteiger partial charge in [0.25, 0.3) is 0 Å². The molecule has 90 valence electrons. The standard InChI is InChI=1S/C13H15NO3/c1-4-8-14-13(2,12(15)16)10-6-5-7-11(9-10)17-3/h1,5-7,9,14H,8H2,2-3H3,(H,15,16). The highest BCUT2D eigenvalue weighted by atomic mass is 16.5. The number of ether oxygens (including phenoxy) is 1. The summed E-state index contributed by atoms with van der Waals surface area (Å²) in [7, 11) is 1.53. The summed E-state index contributed by atoms with van der Waals surface area (Å²) in [5.74, 6) is 1.99. The Bertz CT molecular complexity index is 450. The summed E-state index contributed by atoms with van der Waals surface area (Å²) in [4.78, 5) is 11.4. The van der Waals surface area contributed by atoms with Gasteiger partial charge in [-0.25, -0.2) is 4.79 Å². The summed E-state index contributed by atoms with van der Waals surface area (Å²) >= 11 is 0. The molecule has 0 saturated heterocycles. The molecule has 1 rings (SSSR count). The first kappa shape index (κ1) is 13.1. The molecule has 4 heteroatoms. The molecule has 0 bridgehead atoms. The third-order valence-electron chi connectivity index (χ3n) is 2.62. The van der Waals surface area contributed by atoms with E-state index >= 15 is 0 Å². The van der Waals surface area contributed by atoms with Crippen molar-refractivity contribution in [2.45, 2.75) is 12.5 Å². The van der Waals surface area contributed by atoms with Gasteiger partial charge < -0.3 is 9.84 Å². The van der Waals surface area contributed by atoms with Crippen molar-refractivity contribution < 1.29 is 14.6 Å². The molecule has 0 amide bonds. The minimum atomic E-state index is -1.22. The highest BCUT2D eigenvalue weighted by Gasteiger charge is 2.34. The second-order valence-electron chi connectivity index (χ2n) is 3.72. The Morgan fingerprint density at radius 3 is 2.88 bits per heavy atom. The Balaban J connectivity index is 3.13. The smallest absolute Gasteiger partial charge is 0.328 e. The molecule has 1 atom stereocenters. The maximum Gasteiger partial charge on any atom is 0.328 e. The molecule has 0 fully saturated rings. The first-order valence-electron chi connectivity index (χ1n) is 5.11. The topological polar surface area (TPSA) is 58.6 Å². The van der Waals surface area contributed by atoms with Crippen LogP contribution in [0.2, 0.25) is 0 Å². The molecule has 0 aliphatic carbocycles. The zero-order chi connectivity index (χ0) is 12.9. The minimum Gasteiger partial charge on any atom is -0.497 e. The third-order valence-corrected chi connectivity index (χ3v) is 2.62. The second kappa shape index (κ2) is 5.37. The van der Waals surface area contributed by atoms with E-state index in [0.717, 1.165) is 0 Å². The zero-order valence-corrected chi connectivity index (χ0v) is 9.86. The van der Waals surface area contributed by atoms with Crippen molar-refractivity contribution in [2.24, 2.45) is 0 Å². The molecule has 17 heavy (non-hydrogen) atoms. The molecule has 0 saturated carbocycles. The number of terminal acetylenes is 1. The Morgan fingerprint density at radius 1 is 1.65 bits per heavy atom. The molecular formula is C13H15NO3. The van der Waals surface area contributed by atoms with Gasteiger partial charge in [0.2, 0.25) is 0 Å². The molecule has 2 N–H and O–H groups in total. The fourth-order valence-corrected chi connectivity index (χ4v) is 1.46. The van der Waals surface area contributed by atoms with E-state index in [1.807, 2.05) is 0 Å². The van der Waals surface area contributed by atoms with Gasteiger partial charge in [-0.05, 0) is 24.6 Å². The van der Waals surface area contributed by atoms with Crippen LogP contribution in [0.3, 0.4) is 0 Å². The highest BCUT2D eigenvalue weighted by Crippen LogP contribution is 2.24. The predicted octanol–water partition coefficient (Wildman–Crippen LogP) is 1.22. The van der Waals surface area contributed by atoms with Crippen molar-refractivity contribution in [3.05, 3.63) is 29.8 Å². The van der Waals surface area contributed by atoms with Crippen LogP contribution in [-0.2, 0) is 10.3 Å². The zero-order valence-electron chi connectivity index (χ0n) is 9.86. The molecular weight excluding hydrogens is 218 g/mol. The summed E-state index contributed by atoms with van der Waals surface area (Å²) in [6.45, 7) is 1.75. The van der Waals surface area contributed by atoms with Gasteiger partial charge in [0.05, 0.1) is 13.7 Å². The molecule has 0 heterocycles. The average Bonchev–Trinajstić information content (AvgIpc) is 2.35. The predicted molar refractivity (Wildman–Crippen MR) is 64.8 cm³/mol.